The van der Waals surface area contributed by atoms with Crippen molar-refractivity contribution in [2.75, 3.05) is 14.2 Å². The Labute approximate surface area is 169 Å². The van der Waals surface area contributed by atoms with E-state index in [4.69, 9.17) is 9.47 Å². The summed E-state index contributed by atoms with van der Waals surface area (Å²) in [6, 6.07) is 10.0. The van der Waals surface area contributed by atoms with E-state index in [9.17, 15) is 19.4 Å². The summed E-state index contributed by atoms with van der Waals surface area (Å²) < 4.78 is 23.6. The lowest BCUT2D eigenvalue weighted by Crippen LogP contribution is -2.00. The highest BCUT2D eigenvalue weighted by molar-refractivity contribution is 6.08. The van der Waals surface area contributed by atoms with Crippen LogP contribution >= 0.6 is 0 Å². The van der Waals surface area contributed by atoms with E-state index in [0.717, 1.165) is 0 Å². The van der Waals surface area contributed by atoms with Crippen LogP contribution in [0.25, 0.3) is 33.5 Å². The molecular formula is C21H16FN3O5. The highest BCUT2D eigenvalue weighted by Gasteiger charge is 2.21. The maximum Gasteiger partial charge on any atom is 0.336 e. The van der Waals surface area contributed by atoms with Gasteiger partial charge in [-0.3, -0.25) is 5.10 Å². The van der Waals surface area contributed by atoms with Crippen LogP contribution in [0.1, 0.15) is 10.4 Å². The van der Waals surface area contributed by atoms with Gasteiger partial charge in [0.05, 0.1) is 36.6 Å². The van der Waals surface area contributed by atoms with Gasteiger partial charge < -0.3 is 19.7 Å². The molecule has 0 aliphatic carbocycles. The molecule has 0 saturated carbocycles. The molecule has 0 bridgehead atoms. The second-order valence-electron chi connectivity index (χ2n) is 6.39. The Balaban J connectivity index is 1.95. The lowest BCUT2D eigenvalue weighted by Gasteiger charge is -2.11. The van der Waals surface area contributed by atoms with E-state index in [-0.39, 0.29) is 28.5 Å². The molecule has 2 aromatic heterocycles. The van der Waals surface area contributed by atoms with E-state index >= 15 is 0 Å². The number of hydrogen-bond acceptors (Lipinski definition) is 6. The van der Waals surface area contributed by atoms with E-state index in [1.54, 1.807) is 0 Å². The van der Waals surface area contributed by atoms with Crippen molar-refractivity contribution < 1.29 is 28.9 Å². The number of benzene rings is 2. The van der Waals surface area contributed by atoms with Crippen molar-refractivity contribution in [1.29, 1.82) is 0 Å². The standard InChI is InChI=1S/C21H16FN3O5/c1-29-15-7-11(8-16(30-2)19(15)26)14-9-13(21(27)28)17-18(24-25-20(17)23-14)10-3-5-12(22)6-4-10/h3-9,26H,1-2H3,(H,27,28)(H,23,24,25). The van der Waals surface area contributed by atoms with E-state index in [0.29, 0.717) is 27.9 Å². The molecule has 0 aliphatic heterocycles. The van der Waals surface area contributed by atoms with Crippen LogP contribution in [0.2, 0.25) is 0 Å². The van der Waals surface area contributed by atoms with Gasteiger partial charge in [-0.1, -0.05) is 0 Å². The number of carbonyl (C=O) groups is 1. The molecule has 30 heavy (non-hydrogen) atoms. The third-order valence-electron chi connectivity index (χ3n) is 4.66. The zero-order valence-electron chi connectivity index (χ0n) is 15.9. The summed E-state index contributed by atoms with van der Waals surface area (Å²) in [5, 5.41) is 27.2. The van der Waals surface area contributed by atoms with Gasteiger partial charge in [0.2, 0.25) is 5.75 Å². The Morgan fingerprint density at radius 1 is 1.03 bits per heavy atom. The van der Waals surface area contributed by atoms with Crippen LogP contribution < -0.4 is 9.47 Å². The average molecular weight is 409 g/mol. The molecule has 0 radical (unpaired) electrons. The summed E-state index contributed by atoms with van der Waals surface area (Å²) in [6.07, 6.45) is 0. The smallest absolute Gasteiger partial charge is 0.336 e. The molecule has 4 rings (SSSR count). The van der Waals surface area contributed by atoms with Crippen LogP contribution in [-0.4, -0.2) is 45.6 Å². The van der Waals surface area contributed by atoms with Crippen molar-refractivity contribution in [3.63, 3.8) is 0 Å². The number of nitrogens with one attached hydrogen (secondary N) is 1. The number of phenols is 1. The molecule has 0 atom stereocenters. The molecule has 0 aliphatic rings. The van der Waals surface area contributed by atoms with Crippen LogP contribution in [0.5, 0.6) is 17.2 Å². The zero-order valence-corrected chi connectivity index (χ0v) is 15.9. The first-order valence-electron chi connectivity index (χ1n) is 8.76. The lowest BCUT2D eigenvalue weighted by atomic mass is 10.0. The number of nitrogens with zero attached hydrogens (tertiary/aromatic N) is 2. The molecule has 2 heterocycles. The van der Waals surface area contributed by atoms with Crippen molar-refractivity contribution >= 4 is 17.0 Å². The quantitative estimate of drug-likeness (QED) is 0.458. The number of rotatable bonds is 5. The Hall–Kier alpha value is -4.14. The minimum atomic E-state index is -1.17. The number of pyridine rings is 1. The summed E-state index contributed by atoms with van der Waals surface area (Å²) in [4.78, 5) is 16.5. The van der Waals surface area contributed by atoms with E-state index in [1.807, 2.05) is 0 Å². The van der Waals surface area contributed by atoms with Gasteiger partial charge in [-0.2, -0.15) is 5.10 Å². The number of hydrogen-bond donors (Lipinski definition) is 3. The number of aromatic carboxylic acids is 1. The molecule has 8 nitrogen and oxygen atoms in total. The number of ether oxygens (including phenoxy) is 2. The SMILES string of the molecule is COc1cc(-c2cc(C(=O)O)c3c(-c4ccc(F)cc4)[nH]nc3n2)cc(OC)c1O. The Morgan fingerprint density at radius 2 is 1.67 bits per heavy atom. The summed E-state index contributed by atoms with van der Waals surface area (Å²) >= 11 is 0. The number of H-pyrrole nitrogens is 1. The molecule has 4 aromatic rings. The largest absolute Gasteiger partial charge is 0.502 e. The predicted molar refractivity (Wildman–Crippen MR) is 106 cm³/mol. The zero-order chi connectivity index (χ0) is 21.4. The molecular weight excluding hydrogens is 393 g/mol. The van der Waals surface area contributed by atoms with Crippen molar-refractivity contribution in [3.05, 3.63) is 53.8 Å². The maximum atomic E-state index is 13.3. The van der Waals surface area contributed by atoms with Crippen molar-refractivity contribution in [2.45, 2.75) is 0 Å². The van der Waals surface area contributed by atoms with Crippen molar-refractivity contribution in [2.24, 2.45) is 0 Å². The highest BCUT2D eigenvalue weighted by atomic mass is 19.1. The Morgan fingerprint density at radius 3 is 2.23 bits per heavy atom. The summed E-state index contributed by atoms with van der Waals surface area (Å²) in [5.41, 5.74) is 1.90. The van der Waals surface area contributed by atoms with Gasteiger partial charge in [-0.05, 0) is 42.5 Å². The molecule has 0 fully saturated rings. The first kappa shape index (κ1) is 19.2. The predicted octanol–water partition coefficient (Wildman–Crippen LogP) is 3.85. The highest BCUT2D eigenvalue weighted by Crippen LogP contribution is 2.41. The van der Waals surface area contributed by atoms with Gasteiger partial charge >= 0.3 is 5.97 Å². The maximum absolute atomic E-state index is 13.3. The number of fused-ring (bicyclic) bond motifs is 1. The molecule has 0 unspecified atom stereocenters. The second kappa shape index (κ2) is 7.36. The number of carboxylic acid groups (broad SMARTS) is 1. The summed E-state index contributed by atoms with van der Waals surface area (Å²) in [5.74, 6) is -1.46. The van der Waals surface area contributed by atoms with Gasteiger partial charge in [0.15, 0.2) is 17.1 Å². The van der Waals surface area contributed by atoms with Gasteiger partial charge in [0.1, 0.15) is 5.82 Å². The van der Waals surface area contributed by atoms with Gasteiger partial charge in [-0.15, -0.1) is 0 Å². The van der Waals surface area contributed by atoms with Crippen molar-refractivity contribution in [3.8, 4) is 39.8 Å². The van der Waals surface area contributed by atoms with E-state index in [1.165, 1.54) is 56.7 Å². The number of carboxylic acids is 1. The minimum Gasteiger partial charge on any atom is -0.502 e. The Kier molecular flexibility index (Phi) is 4.71. The molecule has 0 saturated heterocycles. The monoisotopic (exact) mass is 409 g/mol. The van der Waals surface area contributed by atoms with Crippen LogP contribution in [-0.2, 0) is 0 Å². The number of phenolic OH excluding ortho intramolecular Hbond substituents is 1. The van der Waals surface area contributed by atoms with Gasteiger partial charge in [0, 0.05) is 11.1 Å². The molecule has 3 N–H and O–H groups in total. The summed E-state index contributed by atoms with van der Waals surface area (Å²) in [7, 11) is 2.78. The molecule has 152 valence electrons. The number of halogens is 1. The molecule has 0 spiro atoms. The third kappa shape index (κ3) is 3.16. The number of aromatic nitrogens is 3. The van der Waals surface area contributed by atoms with Crippen LogP contribution in [0.15, 0.2) is 42.5 Å². The Bertz CT molecular complexity index is 1240. The number of aromatic amines is 1. The fourth-order valence-corrected chi connectivity index (χ4v) is 3.21. The van der Waals surface area contributed by atoms with E-state index < -0.39 is 11.8 Å². The van der Waals surface area contributed by atoms with Crippen molar-refractivity contribution in [1.82, 2.24) is 15.2 Å². The molecule has 0 amide bonds. The minimum absolute atomic E-state index is 0.0333. The van der Waals surface area contributed by atoms with Crippen LogP contribution in [0.3, 0.4) is 0 Å². The number of methoxy groups -OCH3 is 2. The normalized spacial score (nSPS) is 10.9. The van der Waals surface area contributed by atoms with Crippen LogP contribution in [0.4, 0.5) is 4.39 Å². The summed E-state index contributed by atoms with van der Waals surface area (Å²) in [6.45, 7) is 0. The van der Waals surface area contributed by atoms with Gasteiger partial charge in [-0.25, -0.2) is 14.2 Å². The first-order chi connectivity index (χ1) is 14.4. The average Bonchev–Trinajstić information content (AvgIpc) is 3.17. The molecule has 2 aromatic carbocycles. The third-order valence-corrected chi connectivity index (χ3v) is 4.66. The second-order valence-corrected chi connectivity index (χ2v) is 6.39. The van der Waals surface area contributed by atoms with Crippen LogP contribution in [0, 0.1) is 5.82 Å². The number of aromatic hydroxyl groups is 1. The topological polar surface area (TPSA) is 118 Å². The van der Waals surface area contributed by atoms with E-state index in [2.05, 4.69) is 15.2 Å². The lowest BCUT2D eigenvalue weighted by molar-refractivity contribution is 0.0699. The fraction of sp³-hybridized carbons (Fsp3) is 0.0952. The fourth-order valence-electron chi connectivity index (χ4n) is 3.21. The van der Waals surface area contributed by atoms with Gasteiger partial charge in [0.25, 0.3) is 0 Å². The molecule has 9 heteroatoms. The first-order valence-corrected chi connectivity index (χ1v) is 8.76.